The molecule has 0 heterocycles. The molecule has 0 bridgehead atoms. The molecule has 5 heteroatoms. The van der Waals surface area contributed by atoms with Gasteiger partial charge in [-0.25, -0.2) is 4.79 Å². The van der Waals surface area contributed by atoms with Gasteiger partial charge in [-0.1, -0.05) is 0 Å². The van der Waals surface area contributed by atoms with Gasteiger partial charge in [-0.05, 0) is 52.5 Å². The summed E-state index contributed by atoms with van der Waals surface area (Å²) in [7, 11) is 2.81. The molecule has 1 atom stereocenters. The van der Waals surface area contributed by atoms with Crippen molar-refractivity contribution in [1.82, 2.24) is 0 Å². The number of rotatable bonds is 3. The molecule has 0 saturated heterocycles. The highest BCUT2D eigenvalue weighted by Gasteiger charge is 2.24. The topological polar surface area (TPSA) is 55.8 Å². The fraction of sp³-hybridized carbons (Fsp3) is 0.417. The van der Waals surface area contributed by atoms with Crippen molar-refractivity contribution in [3.63, 3.8) is 0 Å². The van der Waals surface area contributed by atoms with Gasteiger partial charge in [0.15, 0.2) is 6.10 Å². The lowest BCUT2D eigenvalue weighted by molar-refractivity contribution is -0.150. The highest BCUT2D eigenvalue weighted by atomic mass is 79.9. The number of benzene rings is 1. The monoisotopic (exact) mass is 302 g/mol. The lowest BCUT2D eigenvalue weighted by atomic mass is 9.97. The highest BCUT2D eigenvalue weighted by molar-refractivity contribution is 9.10. The summed E-state index contributed by atoms with van der Waals surface area (Å²) in [6.45, 7) is 3.62. The minimum Gasteiger partial charge on any atom is -0.496 e. The lowest BCUT2D eigenvalue weighted by Crippen LogP contribution is -2.16. The fourth-order valence-electron chi connectivity index (χ4n) is 1.74. The maximum atomic E-state index is 11.4. The number of hydrogen-bond donors (Lipinski definition) is 1. The van der Waals surface area contributed by atoms with E-state index in [9.17, 15) is 9.90 Å². The highest BCUT2D eigenvalue weighted by Crippen LogP contribution is 2.35. The zero-order chi connectivity index (χ0) is 13.2. The summed E-state index contributed by atoms with van der Waals surface area (Å²) in [5, 5.41) is 9.90. The summed E-state index contributed by atoms with van der Waals surface area (Å²) >= 11 is 3.38. The number of carbonyl (C=O) groups is 1. The number of ether oxygens (including phenoxy) is 2. The van der Waals surface area contributed by atoms with Crippen LogP contribution in [0.3, 0.4) is 0 Å². The zero-order valence-corrected chi connectivity index (χ0v) is 11.8. The summed E-state index contributed by atoms with van der Waals surface area (Å²) < 4.78 is 10.4. The molecule has 1 unspecified atom stereocenters. The van der Waals surface area contributed by atoms with E-state index in [1.165, 1.54) is 7.11 Å². The van der Waals surface area contributed by atoms with E-state index in [1.807, 2.05) is 6.92 Å². The quantitative estimate of drug-likeness (QED) is 0.870. The van der Waals surface area contributed by atoms with Crippen molar-refractivity contribution in [1.29, 1.82) is 0 Å². The van der Waals surface area contributed by atoms with Crippen LogP contribution in [0.2, 0.25) is 0 Å². The van der Waals surface area contributed by atoms with E-state index in [-0.39, 0.29) is 0 Å². The van der Waals surface area contributed by atoms with E-state index < -0.39 is 12.1 Å². The first kappa shape index (κ1) is 14.0. The van der Waals surface area contributed by atoms with Crippen molar-refractivity contribution in [2.45, 2.75) is 20.0 Å². The maximum absolute atomic E-state index is 11.4. The molecule has 1 aromatic carbocycles. The number of aliphatic hydroxyl groups excluding tert-OH is 1. The van der Waals surface area contributed by atoms with Crippen LogP contribution < -0.4 is 4.74 Å². The molecule has 1 rings (SSSR count). The Morgan fingerprint density at radius 3 is 2.47 bits per heavy atom. The molecule has 94 valence electrons. The van der Waals surface area contributed by atoms with Crippen LogP contribution in [0.4, 0.5) is 0 Å². The molecular weight excluding hydrogens is 288 g/mol. The van der Waals surface area contributed by atoms with E-state index in [0.29, 0.717) is 11.3 Å². The minimum atomic E-state index is -1.28. The Balaban J connectivity index is 3.35. The summed E-state index contributed by atoms with van der Waals surface area (Å²) in [6.07, 6.45) is -1.28. The summed E-state index contributed by atoms with van der Waals surface area (Å²) in [5.41, 5.74) is 2.09. The molecule has 0 aliphatic heterocycles. The molecule has 0 aliphatic carbocycles. The van der Waals surface area contributed by atoms with Crippen LogP contribution in [0.25, 0.3) is 0 Å². The van der Waals surface area contributed by atoms with Crippen LogP contribution in [-0.2, 0) is 9.53 Å². The van der Waals surface area contributed by atoms with Gasteiger partial charge in [-0.2, -0.15) is 0 Å². The molecule has 4 nitrogen and oxygen atoms in total. The predicted molar refractivity (Wildman–Crippen MR) is 67.1 cm³/mol. The third kappa shape index (κ3) is 2.61. The Morgan fingerprint density at radius 1 is 1.41 bits per heavy atom. The van der Waals surface area contributed by atoms with Crippen molar-refractivity contribution >= 4 is 21.9 Å². The Labute approximate surface area is 109 Å². The number of hydrogen-bond acceptors (Lipinski definition) is 4. The number of aryl methyl sites for hydroxylation is 1. The maximum Gasteiger partial charge on any atom is 0.339 e. The molecule has 0 radical (unpaired) electrons. The van der Waals surface area contributed by atoms with E-state index in [4.69, 9.17) is 4.74 Å². The van der Waals surface area contributed by atoms with Crippen molar-refractivity contribution in [2.75, 3.05) is 14.2 Å². The van der Waals surface area contributed by atoms with Gasteiger partial charge < -0.3 is 14.6 Å². The molecule has 0 fully saturated rings. The van der Waals surface area contributed by atoms with Gasteiger partial charge >= 0.3 is 5.97 Å². The first-order valence-electron chi connectivity index (χ1n) is 5.03. The van der Waals surface area contributed by atoms with E-state index in [1.54, 1.807) is 20.1 Å². The molecule has 0 aromatic heterocycles. The fourth-order valence-corrected chi connectivity index (χ4v) is 2.23. The molecule has 0 saturated carbocycles. The van der Waals surface area contributed by atoms with Gasteiger partial charge in [-0.3, -0.25) is 0 Å². The van der Waals surface area contributed by atoms with Crippen molar-refractivity contribution < 1.29 is 19.4 Å². The predicted octanol–water partition coefficient (Wildman–Crippen LogP) is 2.28. The first-order valence-corrected chi connectivity index (χ1v) is 5.82. The molecule has 1 aromatic rings. The number of halogens is 1. The largest absolute Gasteiger partial charge is 0.496 e. The first-order chi connectivity index (χ1) is 7.93. The van der Waals surface area contributed by atoms with E-state index in [2.05, 4.69) is 20.7 Å². The smallest absolute Gasteiger partial charge is 0.339 e. The molecule has 1 N–H and O–H groups in total. The number of methoxy groups -OCH3 is 2. The normalized spacial score (nSPS) is 12.1. The van der Waals surface area contributed by atoms with E-state index in [0.717, 1.165) is 15.6 Å². The molecule has 0 aliphatic rings. The van der Waals surface area contributed by atoms with E-state index >= 15 is 0 Å². The standard InChI is InChI=1S/C12H15BrO4/c1-6-5-8(16-3)10(13)7(2)9(6)11(14)12(15)17-4/h5,11,14H,1-4H3. The van der Waals surface area contributed by atoms with Gasteiger partial charge in [-0.15, -0.1) is 0 Å². The third-order valence-corrected chi connectivity index (χ3v) is 3.63. The van der Waals surface area contributed by atoms with Gasteiger partial charge in [0.1, 0.15) is 5.75 Å². The van der Waals surface area contributed by atoms with Crippen LogP contribution in [0.1, 0.15) is 22.8 Å². The van der Waals surface area contributed by atoms with Gasteiger partial charge in [0.25, 0.3) is 0 Å². The molecule has 0 spiro atoms. The van der Waals surface area contributed by atoms with Gasteiger partial charge in [0.2, 0.25) is 0 Å². The third-order valence-electron chi connectivity index (χ3n) is 2.64. The number of esters is 1. The number of aliphatic hydroxyl groups is 1. The second-order valence-corrected chi connectivity index (χ2v) is 4.47. The van der Waals surface area contributed by atoms with Crippen molar-refractivity contribution in [3.05, 3.63) is 27.2 Å². The second kappa shape index (κ2) is 5.51. The second-order valence-electron chi connectivity index (χ2n) is 3.67. The van der Waals surface area contributed by atoms with Crippen LogP contribution in [-0.4, -0.2) is 25.3 Å². The molecule has 0 amide bonds. The van der Waals surface area contributed by atoms with Crippen molar-refractivity contribution in [2.24, 2.45) is 0 Å². The minimum absolute atomic E-state index is 0.546. The van der Waals surface area contributed by atoms with Crippen LogP contribution in [0.5, 0.6) is 5.75 Å². The summed E-state index contributed by atoms with van der Waals surface area (Å²) in [6, 6.07) is 1.76. The number of carbonyl (C=O) groups excluding carboxylic acids is 1. The summed E-state index contributed by atoms with van der Waals surface area (Å²) in [5.74, 6) is -0.00548. The Hall–Kier alpha value is -1.07. The SMILES string of the molecule is COC(=O)C(O)c1c(C)cc(OC)c(Br)c1C. The molecule has 17 heavy (non-hydrogen) atoms. The zero-order valence-electron chi connectivity index (χ0n) is 10.2. The molecular formula is C12H15BrO4. The van der Waals surface area contributed by atoms with Gasteiger partial charge in [0, 0.05) is 0 Å². The summed E-state index contributed by atoms with van der Waals surface area (Å²) in [4.78, 5) is 11.4. The lowest BCUT2D eigenvalue weighted by Gasteiger charge is -2.18. The van der Waals surface area contributed by atoms with Crippen LogP contribution >= 0.6 is 15.9 Å². The van der Waals surface area contributed by atoms with Gasteiger partial charge in [0.05, 0.1) is 18.7 Å². The van der Waals surface area contributed by atoms with Crippen LogP contribution in [0.15, 0.2) is 10.5 Å². The average Bonchev–Trinajstić information content (AvgIpc) is 2.32. The Morgan fingerprint density at radius 2 is 2.00 bits per heavy atom. The van der Waals surface area contributed by atoms with Crippen LogP contribution in [0, 0.1) is 13.8 Å². The van der Waals surface area contributed by atoms with Crippen molar-refractivity contribution in [3.8, 4) is 5.75 Å². The Kier molecular flexibility index (Phi) is 4.54. The average molecular weight is 303 g/mol. The Bertz CT molecular complexity index is 443.